The maximum atomic E-state index is 10.8. The molecule has 0 radical (unpaired) electrons. The summed E-state index contributed by atoms with van der Waals surface area (Å²) in [6, 6.07) is 0. The van der Waals surface area contributed by atoms with Crippen molar-refractivity contribution in [1.82, 2.24) is 0 Å². The number of fused-ring (bicyclic) bond motifs is 2. The van der Waals surface area contributed by atoms with Gasteiger partial charge in [-0.05, 0) is 30.1 Å². The number of hydrogen-bond acceptors (Lipinski definition) is 7. The maximum Gasteiger partial charge on any atom is 0.303 e. The summed E-state index contributed by atoms with van der Waals surface area (Å²) in [5.41, 5.74) is 2.21. The van der Waals surface area contributed by atoms with Crippen LogP contribution < -0.4 is 0 Å². The van der Waals surface area contributed by atoms with Gasteiger partial charge >= 0.3 is 5.97 Å². The van der Waals surface area contributed by atoms with Crippen LogP contribution in [0.5, 0.6) is 0 Å². The Kier molecular flexibility index (Phi) is 7.80. The number of ether oxygens (including phenoxy) is 5. The third kappa shape index (κ3) is 5.65. The van der Waals surface area contributed by atoms with Gasteiger partial charge in [-0.3, -0.25) is 4.79 Å². The van der Waals surface area contributed by atoms with E-state index in [0.29, 0.717) is 38.3 Å². The van der Waals surface area contributed by atoms with E-state index in [9.17, 15) is 9.90 Å². The Bertz CT molecular complexity index is 668. The third-order valence-electron chi connectivity index (χ3n) is 5.24. The molecule has 160 valence electrons. The Morgan fingerprint density at radius 3 is 2.17 bits per heavy atom. The van der Waals surface area contributed by atoms with E-state index in [1.807, 2.05) is 12.2 Å². The van der Waals surface area contributed by atoms with E-state index < -0.39 is 0 Å². The largest absolute Gasteiger partial charge is 0.458 e. The fourth-order valence-electron chi connectivity index (χ4n) is 4.05. The van der Waals surface area contributed by atoms with Gasteiger partial charge in [0.05, 0.1) is 32.5 Å². The predicted octanol–water partition coefficient (Wildman–Crippen LogP) is 2.28. The first kappa shape index (κ1) is 21.9. The van der Waals surface area contributed by atoms with Crippen LogP contribution in [-0.4, -0.2) is 62.3 Å². The number of aliphatic hydroxyl groups excluding tert-OH is 1. The molecule has 2 aliphatic carbocycles. The van der Waals surface area contributed by atoms with Crippen LogP contribution in [0.1, 0.15) is 19.8 Å². The van der Waals surface area contributed by atoms with Crippen LogP contribution in [0.25, 0.3) is 0 Å². The third-order valence-corrected chi connectivity index (χ3v) is 5.24. The molecule has 7 nitrogen and oxygen atoms in total. The second-order valence-electron chi connectivity index (χ2n) is 7.49. The summed E-state index contributed by atoms with van der Waals surface area (Å²) >= 11 is 0. The van der Waals surface area contributed by atoms with Crippen molar-refractivity contribution in [2.45, 2.75) is 44.6 Å². The molecule has 0 saturated carbocycles. The fourth-order valence-corrected chi connectivity index (χ4v) is 4.05. The highest BCUT2D eigenvalue weighted by Crippen LogP contribution is 2.38. The van der Waals surface area contributed by atoms with Crippen molar-refractivity contribution in [2.75, 3.05) is 26.4 Å². The van der Waals surface area contributed by atoms with Gasteiger partial charge in [0.2, 0.25) is 0 Å². The summed E-state index contributed by atoms with van der Waals surface area (Å²) < 4.78 is 26.9. The van der Waals surface area contributed by atoms with Crippen LogP contribution in [0.4, 0.5) is 0 Å². The fraction of sp³-hybridized carbons (Fsp3) is 0.591. The molecular formula is C22H30O7. The Morgan fingerprint density at radius 1 is 1.07 bits per heavy atom. The van der Waals surface area contributed by atoms with Gasteiger partial charge in [-0.1, -0.05) is 18.2 Å². The van der Waals surface area contributed by atoms with E-state index in [4.69, 9.17) is 23.7 Å². The van der Waals surface area contributed by atoms with E-state index in [1.165, 1.54) is 6.92 Å². The zero-order chi connectivity index (χ0) is 20.8. The molecule has 2 saturated heterocycles. The molecule has 0 aromatic rings. The second-order valence-corrected chi connectivity index (χ2v) is 7.49. The molecule has 6 atom stereocenters. The zero-order valence-corrected chi connectivity index (χ0v) is 16.8. The van der Waals surface area contributed by atoms with E-state index in [0.717, 1.165) is 24.0 Å². The molecule has 29 heavy (non-hydrogen) atoms. The van der Waals surface area contributed by atoms with Gasteiger partial charge in [0.1, 0.15) is 6.10 Å². The summed E-state index contributed by atoms with van der Waals surface area (Å²) in [5.74, 6) is 0.454. The van der Waals surface area contributed by atoms with Crippen LogP contribution in [0, 0.1) is 11.8 Å². The first-order chi connectivity index (χ1) is 14.0. The molecule has 4 unspecified atom stereocenters. The molecule has 2 heterocycles. The summed E-state index contributed by atoms with van der Waals surface area (Å²) in [7, 11) is 0. The molecule has 2 aliphatic heterocycles. The number of aliphatic hydroxyl groups is 1. The average molecular weight is 406 g/mol. The number of carbonyl (C=O) groups is 1. The van der Waals surface area contributed by atoms with Crippen LogP contribution in [0.3, 0.4) is 0 Å². The molecule has 1 N–H and O–H groups in total. The number of esters is 1. The lowest BCUT2D eigenvalue weighted by atomic mass is 10.1. The Labute approximate surface area is 171 Å². The van der Waals surface area contributed by atoms with Gasteiger partial charge in [-0.2, -0.15) is 0 Å². The molecule has 0 bridgehead atoms. The Balaban J connectivity index is 0.000000169. The Hall–Kier alpha value is -1.77. The molecule has 4 rings (SSSR count). The second kappa shape index (κ2) is 10.3. The summed E-state index contributed by atoms with van der Waals surface area (Å²) in [5, 5.41) is 9.37. The summed E-state index contributed by atoms with van der Waals surface area (Å²) in [6.07, 6.45) is 7.82. The topological polar surface area (TPSA) is 83.5 Å². The van der Waals surface area contributed by atoms with Crippen molar-refractivity contribution >= 4 is 5.97 Å². The van der Waals surface area contributed by atoms with Crippen LogP contribution >= 0.6 is 0 Å². The highest BCUT2D eigenvalue weighted by Gasteiger charge is 2.39. The first-order valence-corrected chi connectivity index (χ1v) is 9.98. The summed E-state index contributed by atoms with van der Waals surface area (Å²) in [4.78, 5) is 10.8. The monoisotopic (exact) mass is 406 g/mol. The van der Waals surface area contributed by atoms with Crippen molar-refractivity contribution in [3.8, 4) is 0 Å². The lowest BCUT2D eigenvalue weighted by Gasteiger charge is -2.11. The van der Waals surface area contributed by atoms with E-state index in [1.54, 1.807) is 12.2 Å². The quantitative estimate of drug-likeness (QED) is 0.513. The molecule has 0 aromatic carbocycles. The first-order valence-electron chi connectivity index (χ1n) is 9.98. The van der Waals surface area contributed by atoms with Crippen LogP contribution in [0.2, 0.25) is 0 Å². The molecule has 0 amide bonds. The lowest BCUT2D eigenvalue weighted by molar-refractivity contribution is -0.144. The van der Waals surface area contributed by atoms with E-state index in [2.05, 4.69) is 13.2 Å². The number of rotatable bonds is 7. The standard InChI is InChI=1S/C12H16O4.C10H14O3/c1-3-4-14-12-11-6-10(16-8(2)13)5-9(11)7-15-12;1-2-3-12-10-9-5-8(11)4-7(9)6-13-10/h3,6,9-10,12H,1,4-5,7H2,2H3;2,5,7-8,10-11H,1,3-4,6H2/t9?,10-,12?;7?,8-,10?/m11/s1. The highest BCUT2D eigenvalue weighted by molar-refractivity contribution is 5.66. The van der Waals surface area contributed by atoms with E-state index in [-0.39, 0.29) is 30.8 Å². The lowest BCUT2D eigenvalue weighted by Crippen LogP contribution is -2.15. The number of hydrogen-bond donors (Lipinski definition) is 1. The molecular weight excluding hydrogens is 376 g/mol. The highest BCUT2D eigenvalue weighted by atomic mass is 16.7. The smallest absolute Gasteiger partial charge is 0.303 e. The van der Waals surface area contributed by atoms with Gasteiger partial charge in [0.25, 0.3) is 0 Å². The minimum Gasteiger partial charge on any atom is -0.458 e. The summed E-state index contributed by atoms with van der Waals surface area (Å²) in [6.45, 7) is 10.9. The van der Waals surface area contributed by atoms with Crippen LogP contribution in [-0.2, 0) is 28.5 Å². The normalized spacial score (nSPS) is 34.4. The van der Waals surface area contributed by atoms with Crippen molar-refractivity contribution in [3.05, 3.63) is 48.6 Å². The van der Waals surface area contributed by atoms with Crippen molar-refractivity contribution in [1.29, 1.82) is 0 Å². The van der Waals surface area contributed by atoms with Gasteiger partial charge < -0.3 is 28.8 Å². The Morgan fingerprint density at radius 2 is 1.62 bits per heavy atom. The SMILES string of the molecule is C=CCOC1OCC2C[C@@H](O)C=C21.C=CCOC1OCC2C[C@@H](OC(C)=O)C=C21. The zero-order valence-electron chi connectivity index (χ0n) is 16.8. The molecule has 7 heteroatoms. The average Bonchev–Trinajstić information content (AvgIpc) is 3.40. The van der Waals surface area contributed by atoms with Gasteiger partial charge in [-0.25, -0.2) is 0 Å². The molecule has 4 aliphatic rings. The maximum absolute atomic E-state index is 10.8. The number of carbonyl (C=O) groups excluding carboxylic acids is 1. The minimum absolute atomic E-state index is 0.115. The molecule has 2 fully saturated rings. The van der Waals surface area contributed by atoms with Crippen molar-refractivity contribution in [3.63, 3.8) is 0 Å². The predicted molar refractivity (Wildman–Crippen MR) is 106 cm³/mol. The molecule has 0 spiro atoms. The van der Waals surface area contributed by atoms with Gasteiger partial charge in [0, 0.05) is 18.8 Å². The van der Waals surface area contributed by atoms with Crippen molar-refractivity contribution in [2.24, 2.45) is 11.8 Å². The van der Waals surface area contributed by atoms with Crippen LogP contribution in [0.15, 0.2) is 48.6 Å². The minimum atomic E-state index is -0.307. The van der Waals surface area contributed by atoms with E-state index >= 15 is 0 Å². The van der Waals surface area contributed by atoms with Gasteiger partial charge in [-0.15, -0.1) is 13.2 Å². The van der Waals surface area contributed by atoms with Gasteiger partial charge in [0.15, 0.2) is 12.6 Å². The molecule has 0 aromatic heterocycles. The van der Waals surface area contributed by atoms with Crippen molar-refractivity contribution < 1.29 is 33.6 Å².